The van der Waals surface area contributed by atoms with Crippen LogP contribution in [0.25, 0.3) is 11.0 Å². The highest BCUT2D eigenvalue weighted by atomic mass is 35.5. The van der Waals surface area contributed by atoms with Crippen LogP contribution in [0, 0.1) is 0 Å². The second kappa shape index (κ2) is 4.01. The molecule has 0 radical (unpaired) electrons. The molecule has 5 nitrogen and oxygen atoms in total. The normalized spacial score (nSPS) is 21.4. The van der Waals surface area contributed by atoms with Gasteiger partial charge in [0.1, 0.15) is 17.1 Å². The Labute approximate surface area is 97.2 Å². The van der Waals surface area contributed by atoms with Gasteiger partial charge in [-0.2, -0.15) is 0 Å². The molecular weight excluding hydrogens is 228 g/mol. The third kappa shape index (κ3) is 1.57. The lowest BCUT2D eigenvalue weighted by Gasteiger charge is -2.23. The minimum absolute atomic E-state index is 0.0194. The van der Waals surface area contributed by atoms with E-state index >= 15 is 0 Å². The van der Waals surface area contributed by atoms with Gasteiger partial charge in [-0.3, -0.25) is 0 Å². The number of hydrogen-bond acceptors (Lipinski definition) is 4. The van der Waals surface area contributed by atoms with Gasteiger partial charge in [0.15, 0.2) is 0 Å². The van der Waals surface area contributed by atoms with Crippen LogP contribution in [0.1, 0.15) is 11.7 Å². The van der Waals surface area contributed by atoms with Crippen LogP contribution in [-0.4, -0.2) is 34.6 Å². The minimum Gasteiger partial charge on any atom is -0.371 e. The molecule has 0 saturated carbocycles. The Kier molecular flexibility index (Phi) is 2.51. The number of morpholine rings is 1. The quantitative estimate of drug-likeness (QED) is 0.735. The lowest BCUT2D eigenvalue weighted by atomic mass is 10.1. The van der Waals surface area contributed by atoms with Gasteiger partial charge >= 0.3 is 0 Å². The Morgan fingerprint density at radius 3 is 3.19 bits per heavy atom. The summed E-state index contributed by atoms with van der Waals surface area (Å²) in [4.78, 5) is 11.2. The number of aromatic amines is 1. The molecule has 2 aromatic rings. The van der Waals surface area contributed by atoms with Gasteiger partial charge in [0.05, 0.1) is 18.1 Å². The molecule has 1 atom stereocenters. The monoisotopic (exact) mass is 238 g/mol. The van der Waals surface area contributed by atoms with Crippen molar-refractivity contribution in [1.82, 2.24) is 20.3 Å². The summed E-state index contributed by atoms with van der Waals surface area (Å²) < 4.78 is 5.69. The highest BCUT2D eigenvalue weighted by Crippen LogP contribution is 2.29. The summed E-state index contributed by atoms with van der Waals surface area (Å²) in [5.74, 6) is 0. The first-order valence-corrected chi connectivity index (χ1v) is 5.54. The number of rotatable bonds is 1. The van der Waals surface area contributed by atoms with Crippen LogP contribution < -0.4 is 5.32 Å². The van der Waals surface area contributed by atoms with E-state index in [4.69, 9.17) is 16.3 Å². The third-order valence-corrected chi connectivity index (χ3v) is 3.02. The van der Waals surface area contributed by atoms with Crippen LogP contribution in [0.5, 0.6) is 0 Å². The lowest BCUT2D eigenvalue weighted by molar-refractivity contribution is 0.0286. The molecule has 16 heavy (non-hydrogen) atoms. The number of nitrogens with one attached hydrogen (secondary N) is 2. The zero-order chi connectivity index (χ0) is 11.0. The van der Waals surface area contributed by atoms with E-state index in [-0.39, 0.29) is 6.10 Å². The van der Waals surface area contributed by atoms with Crippen molar-refractivity contribution < 1.29 is 4.74 Å². The lowest BCUT2D eigenvalue weighted by Crippen LogP contribution is -2.33. The summed E-state index contributed by atoms with van der Waals surface area (Å²) >= 11 is 6.08. The molecule has 2 N–H and O–H groups in total. The number of nitrogens with zero attached hydrogens (tertiary/aromatic N) is 2. The number of aromatic nitrogens is 3. The third-order valence-electron chi connectivity index (χ3n) is 2.73. The van der Waals surface area contributed by atoms with Gasteiger partial charge in [0.25, 0.3) is 0 Å². The second-order valence-electron chi connectivity index (χ2n) is 3.70. The van der Waals surface area contributed by atoms with Crippen molar-refractivity contribution in [3.8, 4) is 0 Å². The molecule has 0 bridgehead atoms. The number of hydrogen-bond donors (Lipinski definition) is 2. The fourth-order valence-corrected chi connectivity index (χ4v) is 2.21. The van der Waals surface area contributed by atoms with Crippen molar-refractivity contribution in [1.29, 1.82) is 0 Å². The van der Waals surface area contributed by atoms with Crippen LogP contribution in [0.15, 0.2) is 12.5 Å². The molecule has 0 aliphatic carbocycles. The summed E-state index contributed by atoms with van der Waals surface area (Å²) in [7, 11) is 0. The molecule has 1 aliphatic heterocycles. The van der Waals surface area contributed by atoms with E-state index in [1.807, 2.05) is 6.20 Å². The average Bonchev–Trinajstić information content (AvgIpc) is 2.75. The summed E-state index contributed by atoms with van der Waals surface area (Å²) in [6.07, 6.45) is 3.36. The average molecular weight is 239 g/mol. The summed E-state index contributed by atoms with van der Waals surface area (Å²) in [6.45, 7) is 2.39. The number of ether oxygens (including phenoxy) is 1. The largest absolute Gasteiger partial charge is 0.371 e. The Hall–Kier alpha value is -1.17. The molecule has 3 rings (SSSR count). The number of fused-ring (bicyclic) bond motifs is 1. The topological polar surface area (TPSA) is 62.8 Å². The van der Waals surface area contributed by atoms with Gasteiger partial charge in [-0.05, 0) is 0 Å². The minimum atomic E-state index is 0.0194. The summed E-state index contributed by atoms with van der Waals surface area (Å²) in [5, 5.41) is 4.61. The maximum Gasteiger partial charge on any atom is 0.142 e. The Morgan fingerprint density at radius 2 is 2.38 bits per heavy atom. The SMILES string of the molecule is Clc1ncnc2[nH]cc(C3CNCCO3)c12. The van der Waals surface area contributed by atoms with Crippen molar-refractivity contribution in [3.05, 3.63) is 23.2 Å². The second-order valence-corrected chi connectivity index (χ2v) is 4.05. The molecule has 0 aromatic carbocycles. The van der Waals surface area contributed by atoms with E-state index < -0.39 is 0 Å². The molecular formula is C10H11ClN4O. The van der Waals surface area contributed by atoms with Gasteiger partial charge < -0.3 is 15.0 Å². The maximum atomic E-state index is 6.08. The van der Waals surface area contributed by atoms with E-state index in [1.54, 1.807) is 0 Å². The Bertz CT molecular complexity index is 506. The predicted octanol–water partition coefficient (Wildman–Crippen LogP) is 1.27. The summed E-state index contributed by atoms with van der Waals surface area (Å²) in [6, 6.07) is 0. The van der Waals surface area contributed by atoms with Crippen molar-refractivity contribution in [3.63, 3.8) is 0 Å². The highest BCUT2D eigenvalue weighted by Gasteiger charge is 2.21. The summed E-state index contributed by atoms with van der Waals surface area (Å²) in [5.41, 5.74) is 1.77. The van der Waals surface area contributed by atoms with E-state index in [9.17, 15) is 0 Å². The van der Waals surface area contributed by atoms with Gasteiger partial charge in [0.2, 0.25) is 0 Å². The van der Waals surface area contributed by atoms with Crippen molar-refractivity contribution >= 4 is 22.6 Å². The van der Waals surface area contributed by atoms with Gasteiger partial charge in [-0.15, -0.1) is 0 Å². The van der Waals surface area contributed by atoms with E-state index in [2.05, 4.69) is 20.3 Å². The molecule has 3 heterocycles. The highest BCUT2D eigenvalue weighted by molar-refractivity contribution is 6.34. The maximum absolute atomic E-state index is 6.08. The first-order valence-electron chi connectivity index (χ1n) is 5.16. The van der Waals surface area contributed by atoms with Gasteiger partial charge in [0, 0.05) is 24.8 Å². The standard InChI is InChI=1S/C10H11ClN4O/c11-9-8-6(7-4-12-1-2-16-7)3-13-10(8)15-5-14-9/h3,5,7,12H,1-2,4H2,(H,13,14,15). The smallest absolute Gasteiger partial charge is 0.142 e. The molecule has 6 heteroatoms. The molecule has 1 fully saturated rings. The fraction of sp³-hybridized carbons (Fsp3) is 0.400. The molecule has 2 aromatic heterocycles. The van der Waals surface area contributed by atoms with Gasteiger partial charge in [-0.25, -0.2) is 9.97 Å². The van der Waals surface area contributed by atoms with Gasteiger partial charge in [-0.1, -0.05) is 11.6 Å². The molecule has 1 saturated heterocycles. The van der Waals surface area contributed by atoms with Crippen LogP contribution in [0.3, 0.4) is 0 Å². The zero-order valence-electron chi connectivity index (χ0n) is 8.53. The van der Waals surface area contributed by atoms with Crippen molar-refractivity contribution in [2.45, 2.75) is 6.10 Å². The zero-order valence-corrected chi connectivity index (χ0v) is 9.29. The van der Waals surface area contributed by atoms with Crippen LogP contribution in [-0.2, 0) is 4.74 Å². The molecule has 1 aliphatic rings. The first kappa shape index (κ1) is 10.0. The molecule has 84 valence electrons. The van der Waals surface area contributed by atoms with Crippen LogP contribution >= 0.6 is 11.6 Å². The number of halogens is 1. The first-order chi connectivity index (χ1) is 7.86. The van der Waals surface area contributed by atoms with Crippen LogP contribution in [0.2, 0.25) is 5.15 Å². The fourth-order valence-electron chi connectivity index (χ4n) is 1.97. The molecule has 0 spiro atoms. The molecule has 1 unspecified atom stereocenters. The Morgan fingerprint density at radius 1 is 1.44 bits per heavy atom. The predicted molar refractivity (Wildman–Crippen MR) is 60.5 cm³/mol. The van der Waals surface area contributed by atoms with Crippen molar-refractivity contribution in [2.75, 3.05) is 19.7 Å². The number of H-pyrrole nitrogens is 1. The Balaban J connectivity index is 2.09. The van der Waals surface area contributed by atoms with E-state index in [1.165, 1.54) is 6.33 Å². The van der Waals surface area contributed by atoms with Crippen LogP contribution in [0.4, 0.5) is 0 Å². The van der Waals surface area contributed by atoms with E-state index in [0.29, 0.717) is 11.8 Å². The molecule has 0 amide bonds. The van der Waals surface area contributed by atoms with Crippen molar-refractivity contribution in [2.24, 2.45) is 0 Å². The van der Waals surface area contributed by atoms with E-state index in [0.717, 1.165) is 29.7 Å².